The number of rotatable bonds is 7. The van der Waals surface area contributed by atoms with Crippen molar-refractivity contribution in [3.63, 3.8) is 0 Å². The predicted molar refractivity (Wildman–Crippen MR) is 112 cm³/mol. The lowest BCUT2D eigenvalue weighted by molar-refractivity contribution is -0.142. The van der Waals surface area contributed by atoms with Gasteiger partial charge in [-0.15, -0.1) is 0 Å². The van der Waals surface area contributed by atoms with Crippen LogP contribution in [0.25, 0.3) is 0 Å². The lowest BCUT2D eigenvalue weighted by Crippen LogP contribution is -2.33. The summed E-state index contributed by atoms with van der Waals surface area (Å²) in [6.07, 6.45) is 1.02. The Kier molecular flexibility index (Phi) is 6.66. The van der Waals surface area contributed by atoms with Gasteiger partial charge in [0, 0.05) is 0 Å². The summed E-state index contributed by atoms with van der Waals surface area (Å²) in [4.78, 5) is 23.2. The molecular weight excluding hydrogens is 396 g/mol. The van der Waals surface area contributed by atoms with E-state index in [2.05, 4.69) is 10.1 Å². The number of amides is 1. The van der Waals surface area contributed by atoms with Crippen molar-refractivity contribution in [3.05, 3.63) is 59.7 Å². The van der Waals surface area contributed by atoms with Crippen LogP contribution in [0.2, 0.25) is 0 Å². The number of carbonyl (C=O) groups is 2. The van der Waals surface area contributed by atoms with Crippen LogP contribution >= 0.6 is 24.0 Å². The summed E-state index contributed by atoms with van der Waals surface area (Å²) in [7, 11) is 1.32. The molecule has 2 aromatic carbocycles. The Morgan fingerprint density at radius 1 is 1.14 bits per heavy atom. The minimum absolute atomic E-state index is 0.0395. The van der Waals surface area contributed by atoms with E-state index < -0.39 is 12.0 Å². The first-order chi connectivity index (χ1) is 13.4. The molecule has 1 aliphatic rings. The van der Waals surface area contributed by atoms with Crippen LogP contribution in [0, 0.1) is 0 Å². The molecule has 0 radical (unpaired) electrons. The van der Waals surface area contributed by atoms with Crippen molar-refractivity contribution in [1.29, 1.82) is 0 Å². The van der Waals surface area contributed by atoms with E-state index in [-0.39, 0.29) is 11.2 Å². The minimum Gasteiger partial charge on any atom is -0.468 e. The van der Waals surface area contributed by atoms with Gasteiger partial charge in [0.2, 0.25) is 5.91 Å². The smallest absolute Gasteiger partial charge is 0.322 e. The largest absolute Gasteiger partial charge is 0.468 e. The average molecular weight is 417 g/mol. The van der Waals surface area contributed by atoms with Crippen LogP contribution in [-0.4, -0.2) is 34.6 Å². The van der Waals surface area contributed by atoms with Crippen LogP contribution in [0.3, 0.4) is 0 Å². The molecule has 3 rings (SSSR count). The van der Waals surface area contributed by atoms with Crippen LogP contribution in [0.15, 0.2) is 48.5 Å². The molecular formula is C20H20N2O4S2. The van der Waals surface area contributed by atoms with Gasteiger partial charge < -0.3 is 20.5 Å². The fourth-order valence-electron chi connectivity index (χ4n) is 2.75. The van der Waals surface area contributed by atoms with Crippen LogP contribution in [0.5, 0.6) is 11.5 Å². The zero-order chi connectivity index (χ0) is 20.1. The molecule has 0 spiro atoms. The highest BCUT2D eigenvalue weighted by Crippen LogP contribution is 2.26. The normalized spacial score (nSPS) is 17.1. The summed E-state index contributed by atoms with van der Waals surface area (Å²) in [6.45, 7) is 0. The number of methoxy groups -OCH3 is 1. The second-order valence-corrected chi connectivity index (χ2v) is 8.19. The second kappa shape index (κ2) is 9.18. The standard InChI is InChI=1S/C20H20N2O4S2/c1-25-19(24)16(21)10-12-2-6-14(7-3-12)26-15-8-4-13(5-9-15)11-17-18(23)22-20(27)28-17/h2-9,16-17H,10-11,21H2,1H3,(H,22,23,27)/t16-,17?/m1/s1. The Balaban J connectivity index is 1.56. The van der Waals surface area contributed by atoms with E-state index in [1.807, 2.05) is 48.5 Å². The summed E-state index contributed by atoms with van der Waals surface area (Å²) >= 11 is 6.40. The molecule has 0 bridgehead atoms. The predicted octanol–water partition coefficient (Wildman–Crippen LogP) is 2.58. The van der Waals surface area contributed by atoms with Gasteiger partial charge in [-0.25, -0.2) is 0 Å². The number of thiocarbonyl (C=S) groups is 1. The molecule has 1 unspecified atom stereocenters. The van der Waals surface area contributed by atoms with Gasteiger partial charge in [0.1, 0.15) is 21.9 Å². The first kappa shape index (κ1) is 20.3. The summed E-state index contributed by atoms with van der Waals surface area (Å²) in [5, 5.41) is 2.48. The molecule has 3 N–H and O–H groups in total. The minimum atomic E-state index is -0.682. The summed E-state index contributed by atoms with van der Waals surface area (Å²) in [5.41, 5.74) is 7.73. The van der Waals surface area contributed by atoms with Gasteiger partial charge in [0.15, 0.2) is 0 Å². The first-order valence-corrected chi connectivity index (χ1v) is 9.94. The van der Waals surface area contributed by atoms with Gasteiger partial charge in [0.05, 0.1) is 12.4 Å². The number of esters is 1. The van der Waals surface area contributed by atoms with Gasteiger partial charge in [-0.2, -0.15) is 0 Å². The molecule has 1 fully saturated rings. The first-order valence-electron chi connectivity index (χ1n) is 8.65. The molecule has 1 amide bonds. The molecule has 0 saturated carbocycles. The summed E-state index contributed by atoms with van der Waals surface area (Å²) < 4.78 is 11.0. The van der Waals surface area contributed by atoms with E-state index in [1.165, 1.54) is 18.9 Å². The topological polar surface area (TPSA) is 90.7 Å². The fraction of sp³-hybridized carbons (Fsp3) is 0.250. The van der Waals surface area contributed by atoms with Gasteiger partial charge >= 0.3 is 5.97 Å². The van der Waals surface area contributed by atoms with Crippen molar-refractivity contribution in [2.75, 3.05) is 7.11 Å². The third kappa shape index (κ3) is 5.31. The third-order valence-corrected chi connectivity index (χ3v) is 5.60. The highest BCUT2D eigenvalue weighted by Gasteiger charge is 2.28. The monoisotopic (exact) mass is 416 g/mol. The van der Waals surface area contributed by atoms with Crippen molar-refractivity contribution < 1.29 is 19.1 Å². The highest BCUT2D eigenvalue weighted by molar-refractivity contribution is 8.24. The quantitative estimate of drug-likeness (QED) is 0.530. The van der Waals surface area contributed by atoms with Gasteiger partial charge in [-0.05, 0) is 48.2 Å². The van der Waals surface area contributed by atoms with Crippen molar-refractivity contribution in [2.24, 2.45) is 5.73 Å². The Bertz CT molecular complexity index is 869. The van der Waals surface area contributed by atoms with Crippen molar-refractivity contribution in [1.82, 2.24) is 5.32 Å². The zero-order valence-electron chi connectivity index (χ0n) is 15.2. The van der Waals surface area contributed by atoms with E-state index in [0.29, 0.717) is 28.7 Å². The van der Waals surface area contributed by atoms with Crippen LogP contribution < -0.4 is 15.8 Å². The lowest BCUT2D eigenvalue weighted by Gasteiger charge is -2.11. The number of thioether (sulfide) groups is 1. The van der Waals surface area contributed by atoms with Gasteiger partial charge in [-0.3, -0.25) is 9.59 Å². The van der Waals surface area contributed by atoms with Crippen LogP contribution in [0.1, 0.15) is 11.1 Å². The molecule has 2 atom stereocenters. The Labute approximate surface area is 172 Å². The number of carbonyl (C=O) groups excluding carboxylic acids is 2. The Hall–Kier alpha value is -2.42. The maximum atomic E-state index is 11.8. The Morgan fingerprint density at radius 3 is 2.21 bits per heavy atom. The molecule has 0 aromatic heterocycles. The number of nitrogens with two attached hydrogens (primary N) is 1. The molecule has 8 heteroatoms. The SMILES string of the molecule is COC(=O)[C@H](N)Cc1ccc(Oc2ccc(CC3SC(=S)NC3=O)cc2)cc1. The van der Waals surface area contributed by atoms with E-state index >= 15 is 0 Å². The second-order valence-electron chi connectivity index (χ2n) is 6.31. The maximum Gasteiger partial charge on any atom is 0.322 e. The maximum absolute atomic E-state index is 11.8. The van der Waals surface area contributed by atoms with E-state index in [4.69, 9.17) is 22.7 Å². The Morgan fingerprint density at radius 2 is 1.71 bits per heavy atom. The van der Waals surface area contributed by atoms with Crippen molar-refractivity contribution >= 4 is 40.2 Å². The highest BCUT2D eigenvalue weighted by atomic mass is 32.2. The zero-order valence-corrected chi connectivity index (χ0v) is 16.8. The number of hydrogen-bond acceptors (Lipinski definition) is 7. The van der Waals surface area contributed by atoms with Crippen LogP contribution in [0.4, 0.5) is 0 Å². The van der Waals surface area contributed by atoms with Crippen molar-refractivity contribution in [2.45, 2.75) is 24.1 Å². The summed E-state index contributed by atoms with van der Waals surface area (Å²) in [6, 6.07) is 14.3. The molecule has 1 aliphatic heterocycles. The average Bonchev–Trinajstić information content (AvgIpc) is 3.01. The van der Waals surface area contributed by atoms with E-state index in [9.17, 15) is 9.59 Å². The van der Waals surface area contributed by atoms with Crippen molar-refractivity contribution in [3.8, 4) is 11.5 Å². The lowest BCUT2D eigenvalue weighted by atomic mass is 10.1. The fourth-order valence-corrected chi connectivity index (χ4v) is 4.06. The van der Waals surface area contributed by atoms with Gasteiger partial charge in [0.25, 0.3) is 0 Å². The molecule has 2 aromatic rings. The van der Waals surface area contributed by atoms with Crippen LogP contribution in [-0.2, 0) is 27.2 Å². The number of ether oxygens (including phenoxy) is 2. The molecule has 1 heterocycles. The van der Waals surface area contributed by atoms with E-state index in [0.717, 1.165) is 11.1 Å². The van der Waals surface area contributed by atoms with Gasteiger partial charge in [-0.1, -0.05) is 48.2 Å². The molecule has 6 nitrogen and oxygen atoms in total. The number of hydrogen-bond donors (Lipinski definition) is 2. The third-order valence-electron chi connectivity index (χ3n) is 4.23. The molecule has 28 heavy (non-hydrogen) atoms. The van der Waals surface area contributed by atoms with E-state index in [1.54, 1.807) is 0 Å². The summed E-state index contributed by atoms with van der Waals surface area (Å²) in [5.74, 6) is 0.902. The molecule has 0 aliphatic carbocycles. The number of nitrogens with one attached hydrogen (secondary N) is 1. The molecule has 1 saturated heterocycles. The molecule has 146 valence electrons. The number of benzene rings is 2.